The summed E-state index contributed by atoms with van der Waals surface area (Å²) in [6.45, 7) is 0. The third kappa shape index (κ3) is 9.76. The molecule has 0 rings (SSSR count). The first-order chi connectivity index (χ1) is 5.41. The van der Waals surface area contributed by atoms with Gasteiger partial charge in [0.1, 0.15) is 6.29 Å². The molecule has 0 radical (unpaired) electrons. The van der Waals surface area contributed by atoms with Gasteiger partial charge >= 0.3 is 0 Å². The molecule has 0 saturated heterocycles. The summed E-state index contributed by atoms with van der Waals surface area (Å²) in [7, 11) is 0. The van der Waals surface area contributed by atoms with Crippen LogP contribution in [0.3, 0.4) is 0 Å². The third-order valence-electron chi connectivity index (χ3n) is 1.64. The zero-order valence-electron chi connectivity index (χ0n) is 6.92. The molecule has 0 fully saturated rings. The molecule has 0 aliphatic carbocycles. The fourth-order valence-electron chi connectivity index (χ4n) is 0.986. The number of carbonyl (C=O) groups is 1. The first-order valence-corrected chi connectivity index (χ1v) is 4.76. The Morgan fingerprint density at radius 3 is 2.00 bits per heavy atom. The lowest BCUT2D eigenvalue weighted by molar-refractivity contribution is -0.107. The van der Waals surface area contributed by atoms with Crippen LogP contribution in [0.15, 0.2) is 0 Å². The van der Waals surface area contributed by atoms with Crippen molar-refractivity contribution < 1.29 is 4.79 Å². The van der Waals surface area contributed by atoms with Crippen molar-refractivity contribution in [3.05, 3.63) is 0 Å². The molecule has 0 atom stereocenters. The summed E-state index contributed by atoms with van der Waals surface area (Å²) in [4.78, 5) is 9.92. The first-order valence-electron chi connectivity index (χ1n) is 4.29. The van der Waals surface area contributed by atoms with Crippen LogP contribution in [0.1, 0.15) is 44.9 Å². The van der Waals surface area contributed by atoms with E-state index >= 15 is 0 Å². The van der Waals surface area contributed by atoms with Crippen LogP contribution in [-0.4, -0.2) is 11.7 Å². The maximum absolute atomic E-state index is 9.92. The molecule has 0 spiro atoms. The molecule has 0 aromatic heterocycles. The summed E-state index contributed by atoms with van der Waals surface area (Å²) in [5, 5.41) is 1.80. The van der Waals surface area contributed by atoms with Gasteiger partial charge in [-0.05, 0) is 24.6 Å². The molecular weight excluding hydrogens is 156 g/mol. The van der Waals surface area contributed by atoms with Gasteiger partial charge in [-0.3, -0.25) is 0 Å². The minimum atomic E-state index is 0.729. The largest absolute Gasteiger partial charge is 0.303 e. The van der Waals surface area contributed by atoms with Crippen LogP contribution in [0, 0.1) is 0 Å². The van der Waals surface area contributed by atoms with Gasteiger partial charge in [0.2, 0.25) is 0 Å². The van der Waals surface area contributed by atoms with Crippen molar-refractivity contribution in [1.82, 2.24) is 0 Å². The minimum Gasteiger partial charge on any atom is -0.303 e. The predicted octanol–water partition coefficient (Wildman–Crippen LogP) is 2.92. The van der Waals surface area contributed by atoms with Crippen molar-refractivity contribution in [3.8, 4) is 0 Å². The Kier molecular flexibility index (Phi) is 9.55. The van der Waals surface area contributed by atoms with Crippen LogP contribution in [0.5, 0.6) is 0 Å². The van der Waals surface area contributed by atoms with E-state index in [9.17, 15) is 4.79 Å². The van der Waals surface area contributed by atoms with Crippen molar-refractivity contribution in [2.45, 2.75) is 44.9 Å². The average molecular weight is 172 g/mol. The van der Waals surface area contributed by atoms with Gasteiger partial charge in [0.15, 0.2) is 0 Å². The second kappa shape index (κ2) is 9.76. The Morgan fingerprint density at radius 2 is 1.45 bits per heavy atom. The van der Waals surface area contributed by atoms with E-state index in [-0.39, 0.29) is 0 Å². The molecule has 0 unspecified atom stereocenters. The maximum atomic E-state index is 9.92. The monoisotopic (exact) mass is 172 g/mol. The molecule has 0 heterocycles. The molecule has 0 N–H and O–H groups in total. The van der Waals surface area contributed by atoms with E-state index in [1.165, 1.54) is 25.7 Å². The smallest absolute Gasteiger partial charge is 0.119 e. The highest BCUT2D eigenvalue weighted by molar-refractivity contribution is 7.78. The maximum Gasteiger partial charge on any atom is 0.119 e. The normalized spacial score (nSPS) is 9.45. The summed E-state index contributed by atoms with van der Waals surface area (Å²) in [5.74, 6) is 0. The van der Waals surface area contributed by atoms with E-state index in [1.54, 1.807) is 5.37 Å². The summed E-state index contributed by atoms with van der Waals surface area (Å²) < 4.78 is 0. The lowest BCUT2D eigenvalue weighted by atomic mass is 10.1. The highest BCUT2D eigenvalue weighted by Crippen LogP contribution is 2.05. The van der Waals surface area contributed by atoms with Gasteiger partial charge in [0.25, 0.3) is 0 Å². The molecule has 0 aliphatic heterocycles. The Labute approximate surface area is 74.2 Å². The van der Waals surface area contributed by atoms with Crippen LogP contribution >= 0.6 is 12.2 Å². The first kappa shape index (κ1) is 10.8. The molecule has 0 aromatic rings. The molecule has 64 valence electrons. The highest BCUT2D eigenvalue weighted by Gasteiger charge is 1.88. The fraction of sp³-hybridized carbons (Fsp3) is 0.778. The summed E-state index contributed by atoms with van der Waals surface area (Å²) in [6.07, 6.45) is 8.75. The number of rotatable bonds is 8. The Bertz CT molecular complexity index is 89.7. The minimum absolute atomic E-state index is 0.729. The SMILES string of the molecule is O=CCCCCCCCC=S. The van der Waals surface area contributed by atoms with E-state index < -0.39 is 0 Å². The summed E-state index contributed by atoms with van der Waals surface area (Å²) >= 11 is 4.70. The average Bonchev–Trinajstić information content (AvgIpc) is 2.03. The number of carbonyl (C=O) groups excluding carboxylic acids is 1. The molecule has 1 nitrogen and oxygen atoms in total. The highest BCUT2D eigenvalue weighted by atomic mass is 32.1. The number of unbranched alkanes of at least 4 members (excludes halogenated alkanes) is 6. The predicted molar refractivity (Wildman–Crippen MR) is 52.0 cm³/mol. The summed E-state index contributed by atoms with van der Waals surface area (Å²) in [6, 6.07) is 0. The number of thiocarbonyl (C=S) groups is 1. The van der Waals surface area contributed by atoms with Crippen LogP contribution in [0.4, 0.5) is 0 Å². The molecule has 0 amide bonds. The third-order valence-corrected chi connectivity index (χ3v) is 1.88. The van der Waals surface area contributed by atoms with E-state index in [1.807, 2.05) is 0 Å². The van der Waals surface area contributed by atoms with Crippen LogP contribution < -0.4 is 0 Å². The fourth-order valence-corrected chi connectivity index (χ4v) is 1.15. The van der Waals surface area contributed by atoms with Gasteiger partial charge in [-0.1, -0.05) is 31.5 Å². The van der Waals surface area contributed by atoms with Gasteiger partial charge in [-0.25, -0.2) is 0 Å². The summed E-state index contributed by atoms with van der Waals surface area (Å²) in [5.41, 5.74) is 0. The van der Waals surface area contributed by atoms with Crippen molar-refractivity contribution in [1.29, 1.82) is 0 Å². The van der Waals surface area contributed by atoms with Crippen molar-refractivity contribution in [3.63, 3.8) is 0 Å². The Balaban J connectivity index is 2.79. The zero-order chi connectivity index (χ0) is 8.36. The van der Waals surface area contributed by atoms with E-state index in [2.05, 4.69) is 0 Å². The number of hydrogen-bond donors (Lipinski definition) is 0. The van der Waals surface area contributed by atoms with E-state index in [0.717, 1.165) is 25.5 Å². The number of aldehydes is 1. The number of hydrogen-bond acceptors (Lipinski definition) is 2. The van der Waals surface area contributed by atoms with Gasteiger partial charge in [-0.2, -0.15) is 0 Å². The topological polar surface area (TPSA) is 17.1 Å². The van der Waals surface area contributed by atoms with Gasteiger partial charge < -0.3 is 4.79 Å². The van der Waals surface area contributed by atoms with Crippen LogP contribution in [-0.2, 0) is 4.79 Å². The lowest BCUT2D eigenvalue weighted by Crippen LogP contribution is -1.80. The standard InChI is InChI=1S/C9H16OS/c10-8-6-4-2-1-3-5-7-9-11/h8-9H,1-7H2. The molecular formula is C9H16OS. The molecule has 0 bridgehead atoms. The lowest BCUT2D eigenvalue weighted by Gasteiger charge is -1.96. The van der Waals surface area contributed by atoms with E-state index in [4.69, 9.17) is 12.2 Å². The molecule has 0 aromatic carbocycles. The second-order valence-electron chi connectivity index (χ2n) is 2.68. The second-order valence-corrected chi connectivity index (χ2v) is 3.01. The zero-order valence-corrected chi connectivity index (χ0v) is 7.74. The molecule has 0 aliphatic rings. The van der Waals surface area contributed by atoms with E-state index in [0.29, 0.717) is 0 Å². The Morgan fingerprint density at radius 1 is 0.909 bits per heavy atom. The van der Waals surface area contributed by atoms with Gasteiger partial charge in [0, 0.05) is 6.42 Å². The van der Waals surface area contributed by atoms with Crippen molar-refractivity contribution >= 4 is 23.9 Å². The van der Waals surface area contributed by atoms with Gasteiger partial charge in [-0.15, -0.1) is 0 Å². The van der Waals surface area contributed by atoms with Crippen molar-refractivity contribution in [2.75, 3.05) is 0 Å². The van der Waals surface area contributed by atoms with Crippen molar-refractivity contribution in [2.24, 2.45) is 0 Å². The Hall–Kier alpha value is -0.240. The van der Waals surface area contributed by atoms with Crippen LogP contribution in [0.2, 0.25) is 0 Å². The molecule has 11 heavy (non-hydrogen) atoms. The quantitative estimate of drug-likeness (QED) is 0.318. The molecule has 0 saturated carbocycles. The van der Waals surface area contributed by atoms with Crippen LogP contribution in [0.25, 0.3) is 0 Å². The van der Waals surface area contributed by atoms with Gasteiger partial charge in [0.05, 0.1) is 0 Å². The molecule has 2 heteroatoms.